The van der Waals surface area contributed by atoms with E-state index in [0.717, 1.165) is 36.6 Å². The van der Waals surface area contributed by atoms with Crippen LogP contribution in [0.4, 0.5) is 22.0 Å². The number of hydrazine groups is 1. The highest BCUT2D eigenvalue weighted by Crippen LogP contribution is 2.50. The SMILES string of the molecule is C#Cc1c(F)ccc2cc(OCOC)cc(C3=C(F)C=C(OC[C@]4(C)CN(C)CC[C@@H]4C(F)F)N4C5=NCN6N[C@H]7CCC6=C5[C@H]7CCCC4=C3F)c12. The molecule has 2 aromatic rings. The van der Waals surface area contributed by atoms with Crippen molar-refractivity contribution < 1.29 is 36.2 Å². The molecular formula is C40H42F5N5O3. The first kappa shape index (κ1) is 35.6. The van der Waals surface area contributed by atoms with Crippen molar-refractivity contribution in [3.8, 4) is 18.1 Å². The number of rotatable bonds is 8. The molecular weight excluding hydrogens is 693 g/mol. The number of nitrogens with zero attached hydrogens (tertiary/aromatic N) is 4. The maximum Gasteiger partial charge on any atom is 0.242 e. The summed E-state index contributed by atoms with van der Waals surface area (Å²) in [4.78, 5) is 8.49. The topological polar surface area (TPSA) is 61.8 Å². The van der Waals surface area contributed by atoms with E-state index in [9.17, 15) is 8.78 Å². The van der Waals surface area contributed by atoms with Crippen molar-refractivity contribution in [2.24, 2.45) is 22.2 Å². The van der Waals surface area contributed by atoms with E-state index in [2.05, 4.69) is 11.3 Å². The van der Waals surface area contributed by atoms with Crippen LogP contribution in [-0.4, -0.2) is 80.4 Å². The van der Waals surface area contributed by atoms with Gasteiger partial charge in [0.2, 0.25) is 12.3 Å². The Labute approximate surface area is 305 Å². The Hall–Kier alpha value is -4.38. The number of amidine groups is 1. The number of allylic oxidation sites excluding steroid dienone is 6. The van der Waals surface area contributed by atoms with Crippen molar-refractivity contribution in [3.63, 3.8) is 0 Å². The number of nitrogens with one attached hydrogen (secondary N) is 1. The predicted octanol–water partition coefficient (Wildman–Crippen LogP) is 7.61. The Kier molecular flexibility index (Phi) is 9.28. The average Bonchev–Trinajstić information content (AvgIpc) is 3.21. The first-order valence-electron chi connectivity index (χ1n) is 18.1. The number of terminal acetylenes is 1. The van der Waals surface area contributed by atoms with E-state index < -0.39 is 40.8 Å². The summed E-state index contributed by atoms with van der Waals surface area (Å²) >= 11 is 0. The Morgan fingerprint density at radius 1 is 1.09 bits per heavy atom. The molecule has 3 fully saturated rings. The lowest BCUT2D eigenvalue weighted by molar-refractivity contribution is -0.0812. The molecule has 0 spiro atoms. The fourth-order valence-electron chi connectivity index (χ4n) is 9.26. The maximum absolute atomic E-state index is 17.8. The van der Waals surface area contributed by atoms with Gasteiger partial charge in [0.25, 0.3) is 0 Å². The third kappa shape index (κ3) is 5.99. The molecule has 2 aromatic carbocycles. The molecule has 4 atom stereocenters. The molecule has 53 heavy (non-hydrogen) atoms. The zero-order valence-electron chi connectivity index (χ0n) is 30.0. The summed E-state index contributed by atoms with van der Waals surface area (Å²) in [5.41, 5.74) is 4.08. The molecule has 1 aliphatic carbocycles. The first-order chi connectivity index (χ1) is 25.5. The molecule has 0 unspecified atom stereocenters. The number of fused-ring (bicyclic) bond motifs is 4. The average molecular weight is 736 g/mol. The fraction of sp³-hybridized carbons (Fsp3) is 0.475. The number of alkyl halides is 2. The van der Waals surface area contributed by atoms with Gasteiger partial charge in [0, 0.05) is 65.2 Å². The second-order valence-electron chi connectivity index (χ2n) is 15.1. The number of aliphatic imine (C=N–C) groups is 1. The number of ether oxygens (including phenoxy) is 3. The van der Waals surface area contributed by atoms with Gasteiger partial charge in [0.1, 0.15) is 29.9 Å². The normalized spacial score (nSPS) is 27.4. The fourth-order valence-corrected chi connectivity index (χ4v) is 9.26. The number of likely N-dealkylation sites (tertiary alicyclic amines) is 1. The summed E-state index contributed by atoms with van der Waals surface area (Å²) in [6.45, 7) is 2.53. The van der Waals surface area contributed by atoms with Crippen LogP contribution in [0, 0.1) is 35.4 Å². The number of hydrogen-bond acceptors (Lipinski definition) is 8. The third-order valence-corrected chi connectivity index (χ3v) is 11.7. The molecule has 0 saturated carbocycles. The molecule has 280 valence electrons. The molecule has 1 N–H and O–H groups in total. The highest BCUT2D eigenvalue weighted by molar-refractivity contribution is 6.05. The zero-order chi connectivity index (χ0) is 37.2. The number of piperidine rings is 1. The lowest BCUT2D eigenvalue weighted by Gasteiger charge is -2.52. The van der Waals surface area contributed by atoms with Crippen molar-refractivity contribution in [2.45, 2.75) is 57.9 Å². The molecule has 9 rings (SSSR count). The van der Waals surface area contributed by atoms with Crippen LogP contribution in [-0.2, 0) is 9.47 Å². The molecule has 3 saturated heterocycles. The van der Waals surface area contributed by atoms with Crippen molar-refractivity contribution in [2.75, 3.05) is 47.3 Å². The smallest absolute Gasteiger partial charge is 0.242 e. The van der Waals surface area contributed by atoms with E-state index in [-0.39, 0.29) is 78.7 Å². The summed E-state index contributed by atoms with van der Waals surface area (Å²) in [7, 11) is 3.32. The largest absolute Gasteiger partial charge is 0.478 e. The monoisotopic (exact) mass is 735 g/mol. The maximum atomic E-state index is 17.8. The summed E-state index contributed by atoms with van der Waals surface area (Å²) in [6, 6.07) is 5.88. The Morgan fingerprint density at radius 2 is 1.92 bits per heavy atom. The summed E-state index contributed by atoms with van der Waals surface area (Å²) in [6.07, 6.45) is 7.85. The molecule has 7 aliphatic rings. The summed E-state index contributed by atoms with van der Waals surface area (Å²) in [5.74, 6) is -0.480. The lowest BCUT2D eigenvalue weighted by Crippen LogP contribution is -2.60. The van der Waals surface area contributed by atoms with Crippen LogP contribution in [0.25, 0.3) is 16.3 Å². The number of halogens is 5. The van der Waals surface area contributed by atoms with E-state index in [4.69, 9.17) is 25.6 Å². The molecule has 0 amide bonds. The standard InChI is InChI=1S/C40H42F5N5O3/c1-5-24-28(41)10-9-22-15-23(53-21-51-4)16-26(34(22)24)35-29(42)17-33(52-19-40(2)18-48(3)14-13-27(40)38(44)45)50-32(37(35)43)8-6-7-25-30-11-12-31-36(25)39(50)46-20-49(31)47-30/h1,9-10,15-17,25,27,30,38,47H,6-8,11-14,18-21H2,2-4H3/t25-,27+,30-,40-/m0/s1. The van der Waals surface area contributed by atoms with Gasteiger partial charge in [0.05, 0.1) is 23.4 Å². The quantitative estimate of drug-likeness (QED) is 0.170. The molecule has 8 nitrogen and oxygen atoms in total. The van der Waals surface area contributed by atoms with E-state index in [0.29, 0.717) is 30.7 Å². The minimum atomic E-state index is -2.59. The van der Waals surface area contributed by atoms with Crippen LogP contribution < -0.4 is 10.2 Å². The second-order valence-corrected chi connectivity index (χ2v) is 15.1. The molecule has 6 heterocycles. The van der Waals surface area contributed by atoms with Crippen LogP contribution in [0.2, 0.25) is 0 Å². The molecule has 0 aromatic heterocycles. The van der Waals surface area contributed by atoms with Gasteiger partial charge in [-0.2, -0.15) is 0 Å². The Balaban J connectivity index is 1.34. The van der Waals surface area contributed by atoms with Gasteiger partial charge in [-0.3, -0.25) is 9.91 Å². The van der Waals surface area contributed by atoms with Crippen LogP contribution in [0.1, 0.15) is 56.6 Å². The van der Waals surface area contributed by atoms with Crippen LogP contribution >= 0.6 is 0 Å². The van der Waals surface area contributed by atoms with Gasteiger partial charge in [-0.05, 0) is 75.7 Å². The lowest BCUT2D eigenvalue weighted by atomic mass is 9.73. The predicted molar refractivity (Wildman–Crippen MR) is 191 cm³/mol. The highest BCUT2D eigenvalue weighted by atomic mass is 19.3. The van der Waals surface area contributed by atoms with Crippen molar-refractivity contribution in [1.82, 2.24) is 20.2 Å². The summed E-state index contributed by atoms with van der Waals surface area (Å²) < 4.78 is 96.7. The van der Waals surface area contributed by atoms with Crippen LogP contribution in [0.3, 0.4) is 0 Å². The highest BCUT2D eigenvalue weighted by Gasteiger charge is 2.49. The summed E-state index contributed by atoms with van der Waals surface area (Å²) in [5, 5.41) is 2.57. The zero-order valence-corrected chi connectivity index (χ0v) is 30.0. The van der Waals surface area contributed by atoms with Gasteiger partial charge in [-0.15, -0.1) is 6.42 Å². The van der Waals surface area contributed by atoms with Crippen molar-refractivity contribution >= 4 is 22.2 Å². The van der Waals surface area contributed by atoms with Crippen LogP contribution in [0.5, 0.6) is 5.75 Å². The van der Waals surface area contributed by atoms with Gasteiger partial charge >= 0.3 is 0 Å². The second kappa shape index (κ2) is 13.8. The molecule has 4 bridgehead atoms. The van der Waals surface area contributed by atoms with Gasteiger partial charge in [-0.1, -0.05) is 18.9 Å². The van der Waals surface area contributed by atoms with Gasteiger partial charge in [-0.25, -0.2) is 32.4 Å². The van der Waals surface area contributed by atoms with E-state index in [1.807, 2.05) is 17.0 Å². The number of hydrogen-bond donors (Lipinski definition) is 1. The van der Waals surface area contributed by atoms with Crippen LogP contribution in [0.15, 0.2) is 69.8 Å². The molecule has 0 radical (unpaired) electrons. The van der Waals surface area contributed by atoms with Gasteiger partial charge in [0.15, 0.2) is 12.6 Å². The van der Waals surface area contributed by atoms with E-state index in [1.54, 1.807) is 17.9 Å². The third-order valence-electron chi connectivity index (χ3n) is 11.7. The van der Waals surface area contributed by atoms with Gasteiger partial charge < -0.3 is 19.1 Å². The number of methoxy groups -OCH3 is 1. The number of benzene rings is 2. The van der Waals surface area contributed by atoms with E-state index >= 15 is 13.2 Å². The van der Waals surface area contributed by atoms with E-state index in [1.165, 1.54) is 25.3 Å². The van der Waals surface area contributed by atoms with Crippen molar-refractivity contribution in [3.05, 3.63) is 81.8 Å². The minimum Gasteiger partial charge on any atom is -0.478 e. The molecule has 6 aliphatic heterocycles. The van der Waals surface area contributed by atoms with Crippen molar-refractivity contribution in [1.29, 1.82) is 0 Å². The Morgan fingerprint density at radius 3 is 2.70 bits per heavy atom. The minimum absolute atomic E-state index is 0.0146. The Bertz CT molecular complexity index is 2050. The molecule has 13 heteroatoms. The first-order valence-corrected chi connectivity index (χ1v) is 18.1.